The van der Waals surface area contributed by atoms with Crippen molar-refractivity contribution in [2.24, 2.45) is 0 Å². The molecule has 0 spiro atoms. The molecule has 3 aromatic rings. The number of hydrogen-bond donors (Lipinski definition) is 2. The van der Waals surface area contributed by atoms with Crippen LogP contribution in [0.3, 0.4) is 0 Å². The summed E-state index contributed by atoms with van der Waals surface area (Å²) in [5.74, 6) is 0. The largest absolute Gasteiger partial charge is 0.489 e. The van der Waals surface area contributed by atoms with Gasteiger partial charge in [-0.3, -0.25) is 0 Å². The van der Waals surface area contributed by atoms with Gasteiger partial charge < -0.3 is 10.0 Å². The van der Waals surface area contributed by atoms with Crippen LogP contribution in [-0.2, 0) is 0 Å². The van der Waals surface area contributed by atoms with Gasteiger partial charge in [0, 0.05) is 25.6 Å². The van der Waals surface area contributed by atoms with E-state index in [1.807, 2.05) is 13.0 Å². The van der Waals surface area contributed by atoms with Gasteiger partial charge in [0.25, 0.3) is 0 Å². The summed E-state index contributed by atoms with van der Waals surface area (Å²) < 4.78 is 2.21. The van der Waals surface area contributed by atoms with E-state index in [2.05, 4.69) is 32.0 Å². The molecule has 19 heavy (non-hydrogen) atoms. The topological polar surface area (TPSA) is 40.5 Å². The summed E-state index contributed by atoms with van der Waals surface area (Å²) in [4.78, 5) is 0. The molecule has 0 amide bonds. The normalized spacial score (nSPS) is 11.4. The quantitative estimate of drug-likeness (QED) is 0.667. The molecule has 96 valence electrons. The van der Waals surface area contributed by atoms with Crippen LogP contribution in [0.25, 0.3) is 20.2 Å². The molecule has 0 bridgehead atoms. The van der Waals surface area contributed by atoms with Gasteiger partial charge in [-0.15, -0.1) is 11.3 Å². The summed E-state index contributed by atoms with van der Waals surface area (Å²) in [6, 6.07) is 8.32. The summed E-state index contributed by atoms with van der Waals surface area (Å²) in [5, 5.41) is 21.4. The van der Waals surface area contributed by atoms with Gasteiger partial charge >= 0.3 is 7.12 Å². The van der Waals surface area contributed by atoms with Crippen LogP contribution in [0.2, 0.25) is 0 Å². The van der Waals surface area contributed by atoms with E-state index in [0.29, 0.717) is 5.46 Å². The molecule has 0 radical (unpaired) electrons. The first-order chi connectivity index (χ1) is 8.97. The van der Waals surface area contributed by atoms with Crippen molar-refractivity contribution < 1.29 is 10.0 Å². The average molecular weight is 270 g/mol. The second kappa shape index (κ2) is 4.34. The molecule has 0 fully saturated rings. The first-order valence-corrected chi connectivity index (χ1v) is 7.09. The lowest BCUT2D eigenvalue weighted by Gasteiger charge is -2.03. The Hall–Kier alpha value is -1.36. The molecule has 0 aliphatic carbocycles. The molecule has 0 aliphatic heterocycles. The molecule has 0 unspecified atom stereocenters. The highest BCUT2D eigenvalue weighted by atomic mass is 32.1. The third-order valence-electron chi connectivity index (χ3n) is 3.45. The predicted molar refractivity (Wildman–Crippen MR) is 83.4 cm³/mol. The van der Waals surface area contributed by atoms with Crippen LogP contribution >= 0.6 is 11.3 Å². The zero-order chi connectivity index (χ0) is 13.7. The molecule has 3 rings (SSSR count). The lowest BCUT2D eigenvalue weighted by atomic mass is 9.79. The summed E-state index contributed by atoms with van der Waals surface area (Å²) >= 11 is 1.64. The molecule has 2 N–H and O–H groups in total. The van der Waals surface area contributed by atoms with Gasteiger partial charge in [0.15, 0.2) is 0 Å². The molecular weight excluding hydrogens is 255 g/mol. The van der Waals surface area contributed by atoms with E-state index >= 15 is 0 Å². The van der Waals surface area contributed by atoms with E-state index in [-0.39, 0.29) is 0 Å². The Bertz CT molecular complexity index is 790. The highest BCUT2D eigenvalue weighted by Crippen LogP contribution is 2.36. The van der Waals surface area contributed by atoms with E-state index in [0.717, 1.165) is 15.6 Å². The lowest BCUT2D eigenvalue weighted by molar-refractivity contribution is 0.426. The lowest BCUT2D eigenvalue weighted by Crippen LogP contribution is -2.30. The number of aryl methyl sites for hydroxylation is 3. The molecule has 0 saturated heterocycles. The number of thiophene rings is 1. The van der Waals surface area contributed by atoms with Crippen LogP contribution in [-0.4, -0.2) is 17.2 Å². The number of benzene rings is 2. The van der Waals surface area contributed by atoms with Gasteiger partial charge in [-0.25, -0.2) is 0 Å². The van der Waals surface area contributed by atoms with Gasteiger partial charge in [0.1, 0.15) is 0 Å². The molecule has 1 heterocycles. The molecular formula is C15H15BO2S. The minimum Gasteiger partial charge on any atom is -0.423 e. The standard InChI is InChI=1S/C15H15BO2S/c1-8-4-10(3)14-11(5-8)12-6-9(2)7-13(16(17)18)15(12)19-14/h4-7,17-18H,1-3H3. The molecule has 2 nitrogen and oxygen atoms in total. The van der Waals surface area contributed by atoms with Crippen molar-refractivity contribution in [2.75, 3.05) is 0 Å². The van der Waals surface area contributed by atoms with Gasteiger partial charge in [0.2, 0.25) is 0 Å². The maximum Gasteiger partial charge on any atom is 0.489 e. The second-order valence-electron chi connectivity index (χ2n) is 5.17. The minimum atomic E-state index is -1.42. The van der Waals surface area contributed by atoms with Crippen LogP contribution in [0.5, 0.6) is 0 Å². The third kappa shape index (κ3) is 1.96. The molecule has 4 heteroatoms. The average Bonchev–Trinajstić information content (AvgIpc) is 2.67. The van der Waals surface area contributed by atoms with Crippen molar-refractivity contribution in [1.82, 2.24) is 0 Å². The maximum atomic E-state index is 9.56. The zero-order valence-corrected chi connectivity index (χ0v) is 12.0. The van der Waals surface area contributed by atoms with Gasteiger partial charge in [0.05, 0.1) is 0 Å². The van der Waals surface area contributed by atoms with Gasteiger partial charge in [-0.1, -0.05) is 29.3 Å². The van der Waals surface area contributed by atoms with Gasteiger partial charge in [-0.05, 0) is 32.4 Å². The van der Waals surface area contributed by atoms with Crippen molar-refractivity contribution >= 4 is 44.1 Å². The Morgan fingerprint density at radius 1 is 0.842 bits per heavy atom. The summed E-state index contributed by atoms with van der Waals surface area (Å²) in [6.07, 6.45) is 0. The smallest absolute Gasteiger partial charge is 0.423 e. The molecule has 2 aromatic carbocycles. The Kier molecular flexibility index (Phi) is 2.89. The van der Waals surface area contributed by atoms with Crippen molar-refractivity contribution in [3.8, 4) is 0 Å². The fourth-order valence-corrected chi connectivity index (χ4v) is 3.96. The molecule has 0 aliphatic rings. The fourth-order valence-electron chi connectivity index (χ4n) is 2.70. The van der Waals surface area contributed by atoms with Crippen molar-refractivity contribution in [2.45, 2.75) is 20.8 Å². The first kappa shape index (κ1) is 12.7. The van der Waals surface area contributed by atoms with E-state index < -0.39 is 7.12 Å². The minimum absolute atomic E-state index is 0.605. The first-order valence-electron chi connectivity index (χ1n) is 6.27. The number of fused-ring (bicyclic) bond motifs is 3. The summed E-state index contributed by atoms with van der Waals surface area (Å²) in [6.45, 7) is 6.18. The predicted octanol–water partition coefficient (Wildman–Crippen LogP) is 2.66. The SMILES string of the molecule is Cc1cc(C)c2sc3c(B(O)O)cc(C)cc3c2c1. The summed E-state index contributed by atoms with van der Waals surface area (Å²) in [7, 11) is -1.42. The van der Waals surface area contributed by atoms with Crippen molar-refractivity contribution in [1.29, 1.82) is 0 Å². The molecule has 0 atom stereocenters. The Labute approximate surface area is 116 Å². The van der Waals surface area contributed by atoms with Crippen LogP contribution in [0.15, 0.2) is 24.3 Å². The maximum absolute atomic E-state index is 9.56. The third-order valence-corrected chi connectivity index (χ3v) is 4.86. The highest BCUT2D eigenvalue weighted by Gasteiger charge is 2.19. The van der Waals surface area contributed by atoms with E-state index in [9.17, 15) is 10.0 Å². The van der Waals surface area contributed by atoms with E-state index in [1.165, 1.54) is 21.2 Å². The van der Waals surface area contributed by atoms with E-state index in [1.54, 1.807) is 11.3 Å². The van der Waals surface area contributed by atoms with Crippen LogP contribution < -0.4 is 5.46 Å². The summed E-state index contributed by atoms with van der Waals surface area (Å²) in [5.41, 5.74) is 4.13. The zero-order valence-electron chi connectivity index (χ0n) is 11.2. The molecule has 1 aromatic heterocycles. The number of rotatable bonds is 1. The number of hydrogen-bond acceptors (Lipinski definition) is 3. The van der Waals surface area contributed by atoms with Crippen LogP contribution in [0, 0.1) is 20.8 Å². The highest BCUT2D eigenvalue weighted by molar-refractivity contribution is 7.27. The van der Waals surface area contributed by atoms with Crippen molar-refractivity contribution in [3.63, 3.8) is 0 Å². The monoisotopic (exact) mass is 270 g/mol. The Morgan fingerprint density at radius 2 is 1.42 bits per heavy atom. The van der Waals surface area contributed by atoms with Crippen molar-refractivity contribution in [3.05, 3.63) is 41.0 Å². The Morgan fingerprint density at radius 3 is 2.05 bits per heavy atom. The van der Waals surface area contributed by atoms with Crippen LogP contribution in [0.4, 0.5) is 0 Å². The van der Waals surface area contributed by atoms with Crippen LogP contribution in [0.1, 0.15) is 16.7 Å². The fraction of sp³-hybridized carbons (Fsp3) is 0.200. The Balaban J connectivity index is 2.53. The van der Waals surface area contributed by atoms with E-state index in [4.69, 9.17) is 0 Å². The van der Waals surface area contributed by atoms with Gasteiger partial charge in [-0.2, -0.15) is 0 Å². The molecule has 0 saturated carbocycles. The second-order valence-corrected chi connectivity index (χ2v) is 6.19.